The smallest absolute Gasteiger partial charge is 0.322 e. The molecule has 3 heterocycles. The molecule has 4 rings (SSSR count). The quantitative estimate of drug-likeness (QED) is 0.717. The van der Waals surface area contributed by atoms with Crippen molar-refractivity contribution in [2.75, 3.05) is 33.2 Å². The monoisotopic (exact) mass is 480 g/mol. The van der Waals surface area contributed by atoms with Gasteiger partial charge < -0.3 is 19.9 Å². The lowest BCUT2D eigenvalue weighted by atomic mass is 9.95. The molecule has 0 aromatic heterocycles. The number of carbonyl (C=O) groups excluding carboxylic acids is 3. The van der Waals surface area contributed by atoms with Gasteiger partial charge in [0.25, 0.3) is 5.91 Å². The number of urea groups is 1. The Balaban J connectivity index is 1.51. The highest BCUT2D eigenvalue weighted by Crippen LogP contribution is 2.39. The minimum Gasteiger partial charge on any atom is -0.372 e. The second-order valence-electron chi connectivity index (χ2n) is 8.48. The van der Waals surface area contributed by atoms with Gasteiger partial charge in [-0.3, -0.25) is 14.5 Å². The van der Waals surface area contributed by atoms with Crippen molar-refractivity contribution in [3.63, 3.8) is 0 Å². The van der Waals surface area contributed by atoms with Crippen molar-refractivity contribution in [3.8, 4) is 0 Å². The van der Waals surface area contributed by atoms with Gasteiger partial charge in [-0.1, -0.05) is 35.3 Å². The van der Waals surface area contributed by atoms with Crippen LogP contribution in [0.3, 0.4) is 0 Å². The van der Waals surface area contributed by atoms with Crippen LogP contribution in [0, 0.1) is 0 Å². The summed E-state index contributed by atoms with van der Waals surface area (Å²) >= 11 is 12.6. The van der Waals surface area contributed by atoms with Crippen LogP contribution in [-0.2, 0) is 14.3 Å². The Kier molecular flexibility index (Phi) is 6.38. The number of benzene rings is 1. The summed E-state index contributed by atoms with van der Waals surface area (Å²) in [6, 6.07) is 4.10. The number of morpholine rings is 1. The molecule has 1 N–H and O–H groups in total. The number of ether oxygens (including phenoxy) is 1. The summed E-state index contributed by atoms with van der Waals surface area (Å²) in [6.45, 7) is 5.50. The molecule has 0 aliphatic carbocycles. The number of likely N-dealkylation sites (N-methyl/N-ethyl adjacent to an activating group) is 1. The van der Waals surface area contributed by atoms with Crippen LogP contribution in [0.2, 0.25) is 10.0 Å². The molecule has 10 heteroatoms. The van der Waals surface area contributed by atoms with E-state index in [1.807, 2.05) is 13.8 Å². The van der Waals surface area contributed by atoms with Gasteiger partial charge in [0, 0.05) is 33.1 Å². The third kappa shape index (κ3) is 4.19. The van der Waals surface area contributed by atoms with Crippen LogP contribution in [-0.4, -0.2) is 78.0 Å². The molecule has 8 nitrogen and oxygen atoms in total. The van der Waals surface area contributed by atoms with Crippen LogP contribution >= 0.6 is 23.2 Å². The molecule has 1 aromatic rings. The zero-order valence-corrected chi connectivity index (χ0v) is 19.7. The molecule has 0 spiro atoms. The number of amides is 4. The minimum absolute atomic E-state index is 0.0123. The molecule has 4 amide bonds. The van der Waals surface area contributed by atoms with Crippen LogP contribution < -0.4 is 5.32 Å². The summed E-state index contributed by atoms with van der Waals surface area (Å²) in [4.78, 5) is 43.5. The first-order valence-electron chi connectivity index (χ1n) is 10.6. The zero-order valence-electron chi connectivity index (χ0n) is 18.2. The van der Waals surface area contributed by atoms with Gasteiger partial charge in [0.2, 0.25) is 5.91 Å². The van der Waals surface area contributed by atoms with Gasteiger partial charge in [-0.2, -0.15) is 0 Å². The Morgan fingerprint density at radius 3 is 2.56 bits per heavy atom. The van der Waals surface area contributed by atoms with Crippen molar-refractivity contribution in [1.82, 2.24) is 20.0 Å². The number of hydrogen-bond acceptors (Lipinski definition) is 4. The predicted octanol–water partition coefficient (Wildman–Crippen LogP) is 2.81. The number of halogens is 2. The average molecular weight is 481 g/mol. The molecule has 0 bridgehead atoms. The molecule has 1 fully saturated rings. The summed E-state index contributed by atoms with van der Waals surface area (Å²) < 4.78 is 5.69. The summed E-state index contributed by atoms with van der Waals surface area (Å²) in [5.41, 5.74) is 1.63. The van der Waals surface area contributed by atoms with Gasteiger partial charge in [0.05, 0.1) is 46.1 Å². The van der Waals surface area contributed by atoms with Crippen molar-refractivity contribution >= 4 is 41.0 Å². The van der Waals surface area contributed by atoms with Crippen LogP contribution in [0.1, 0.15) is 31.9 Å². The molecule has 1 aromatic carbocycles. The number of carbonyl (C=O) groups is 3. The standard InChI is InChI=1S/C22H26Cl2N4O4/c1-12-9-28(10-13(2)32-12)17(29)7-8-27-11-16-18(21(27)30)20(25-22(31)26(16)3)14-5-4-6-15(23)19(14)24/h4-6,12-13,20H,7-11H2,1-3H3,(H,25,31). The van der Waals surface area contributed by atoms with E-state index in [9.17, 15) is 14.4 Å². The summed E-state index contributed by atoms with van der Waals surface area (Å²) in [5.74, 6) is -0.230. The van der Waals surface area contributed by atoms with Crippen molar-refractivity contribution in [2.45, 2.75) is 38.5 Å². The fourth-order valence-corrected chi connectivity index (χ4v) is 4.97. The number of hydrogen-bond donors (Lipinski definition) is 1. The van der Waals surface area contributed by atoms with E-state index in [2.05, 4.69) is 5.32 Å². The normalized spacial score (nSPS) is 25.9. The third-order valence-electron chi connectivity index (χ3n) is 6.10. The lowest BCUT2D eigenvalue weighted by molar-refractivity contribution is -0.143. The molecule has 0 saturated carbocycles. The largest absolute Gasteiger partial charge is 0.372 e. The molecule has 3 atom stereocenters. The summed E-state index contributed by atoms with van der Waals surface area (Å²) in [6.07, 6.45) is 0.178. The van der Waals surface area contributed by atoms with Gasteiger partial charge in [-0.25, -0.2) is 4.79 Å². The first-order chi connectivity index (χ1) is 15.2. The molecule has 32 heavy (non-hydrogen) atoms. The topological polar surface area (TPSA) is 82.2 Å². The van der Waals surface area contributed by atoms with Gasteiger partial charge in [0.1, 0.15) is 0 Å². The third-order valence-corrected chi connectivity index (χ3v) is 6.93. The van der Waals surface area contributed by atoms with Crippen molar-refractivity contribution < 1.29 is 19.1 Å². The highest BCUT2D eigenvalue weighted by Gasteiger charge is 2.43. The second kappa shape index (κ2) is 8.92. The van der Waals surface area contributed by atoms with E-state index in [4.69, 9.17) is 27.9 Å². The lowest BCUT2D eigenvalue weighted by Gasteiger charge is -2.35. The van der Waals surface area contributed by atoms with Crippen molar-refractivity contribution in [2.24, 2.45) is 0 Å². The minimum atomic E-state index is -0.700. The van der Waals surface area contributed by atoms with E-state index in [0.29, 0.717) is 40.0 Å². The molecular formula is C22H26Cl2N4O4. The Hall–Kier alpha value is -2.29. The maximum atomic E-state index is 13.3. The first kappa shape index (κ1) is 22.9. The lowest BCUT2D eigenvalue weighted by Crippen LogP contribution is -2.48. The zero-order chi connectivity index (χ0) is 23.2. The van der Waals surface area contributed by atoms with E-state index in [1.165, 1.54) is 4.90 Å². The van der Waals surface area contributed by atoms with E-state index in [-0.39, 0.29) is 49.6 Å². The first-order valence-corrected chi connectivity index (χ1v) is 11.4. The molecular weight excluding hydrogens is 455 g/mol. The van der Waals surface area contributed by atoms with Crippen LogP contribution in [0.4, 0.5) is 4.79 Å². The van der Waals surface area contributed by atoms with E-state index >= 15 is 0 Å². The maximum Gasteiger partial charge on any atom is 0.322 e. The van der Waals surface area contributed by atoms with Crippen molar-refractivity contribution in [1.29, 1.82) is 0 Å². The Morgan fingerprint density at radius 2 is 1.88 bits per heavy atom. The fourth-order valence-electron chi connectivity index (χ4n) is 4.55. The molecule has 1 saturated heterocycles. The highest BCUT2D eigenvalue weighted by atomic mass is 35.5. The Labute approximate surface area is 197 Å². The van der Waals surface area contributed by atoms with Crippen molar-refractivity contribution in [3.05, 3.63) is 45.1 Å². The molecule has 3 aliphatic rings. The Morgan fingerprint density at radius 1 is 1.19 bits per heavy atom. The summed E-state index contributed by atoms with van der Waals surface area (Å²) in [5, 5.41) is 3.50. The fraction of sp³-hybridized carbons (Fsp3) is 0.500. The van der Waals surface area contributed by atoms with E-state index in [1.54, 1.807) is 35.0 Å². The highest BCUT2D eigenvalue weighted by molar-refractivity contribution is 6.42. The van der Waals surface area contributed by atoms with Gasteiger partial charge in [0.15, 0.2) is 0 Å². The molecule has 172 valence electrons. The SMILES string of the molecule is CC1CN(C(=O)CCN2CC3=C(C2=O)C(c2cccc(Cl)c2Cl)NC(=O)N3C)CC(C)O1. The van der Waals surface area contributed by atoms with Crippen LogP contribution in [0.15, 0.2) is 29.5 Å². The maximum absolute atomic E-state index is 13.3. The molecule has 3 unspecified atom stereocenters. The van der Waals surface area contributed by atoms with Gasteiger partial charge in [-0.15, -0.1) is 0 Å². The summed E-state index contributed by atoms with van der Waals surface area (Å²) in [7, 11) is 1.62. The molecule has 3 aliphatic heterocycles. The molecule has 0 radical (unpaired) electrons. The van der Waals surface area contributed by atoms with Gasteiger partial charge in [-0.05, 0) is 25.5 Å². The Bertz CT molecular complexity index is 988. The van der Waals surface area contributed by atoms with E-state index in [0.717, 1.165) is 0 Å². The second-order valence-corrected chi connectivity index (χ2v) is 9.26. The number of rotatable bonds is 4. The van der Waals surface area contributed by atoms with Gasteiger partial charge >= 0.3 is 6.03 Å². The van der Waals surface area contributed by atoms with E-state index < -0.39 is 6.04 Å². The number of nitrogens with one attached hydrogen (secondary N) is 1. The number of nitrogens with zero attached hydrogens (tertiary/aromatic N) is 3. The predicted molar refractivity (Wildman–Crippen MR) is 120 cm³/mol. The van der Waals surface area contributed by atoms with Crippen LogP contribution in [0.5, 0.6) is 0 Å². The average Bonchev–Trinajstić information content (AvgIpc) is 3.07. The van der Waals surface area contributed by atoms with Crippen LogP contribution in [0.25, 0.3) is 0 Å².